The average molecular weight is 224 g/mol. The van der Waals surface area contributed by atoms with Crippen LogP contribution in [-0.4, -0.2) is 12.4 Å². The third-order valence-electron chi connectivity index (χ3n) is 3.01. The van der Waals surface area contributed by atoms with Gasteiger partial charge in [0.1, 0.15) is 5.75 Å². The molecule has 0 spiro atoms. The molecule has 2 heteroatoms. The van der Waals surface area contributed by atoms with Gasteiger partial charge in [-0.15, -0.1) is 0 Å². The molecule has 84 valence electrons. The summed E-state index contributed by atoms with van der Waals surface area (Å²) in [5.74, 6) is 0.889. The standard InChI is InChI=1S/C15H12O2/c1-2-17-13-9-5-8-12-14(13)10-6-3-4-7-11(10)15(12)16/h3-9H,2H2,1H3. The fourth-order valence-electron chi connectivity index (χ4n) is 2.32. The molecule has 0 amide bonds. The Morgan fingerprint density at radius 1 is 0.941 bits per heavy atom. The smallest absolute Gasteiger partial charge is 0.194 e. The van der Waals surface area contributed by atoms with Gasteiger partial charge in [-0.05, 0) is 18.6 Å². The second-order valence-electron chi connectivity index (χ2n) is 3.99. The highest BCUT2D eigenvalue weighted by Crippen LogP contribution is 2.42. The van der Waals surface area contributed by atoms with E-state index < -0.39 is 0 Å². The molecule has 0 N–H and O–H groups in total. The van der Waals surface area contributed by atoms with Crippen molar-refractivity contribution in [1.82, 2.24) is 0 Å². The zero-order valence-corrected chi connectivity index (χ0v) is 9.57. The summed E-state index contributed by atoms with van der Waals surface area (Å²) in [7, 11) is 0. The maximum absolute atomic E-state index is 12.2. The summed E-state index contributed by atoms with van der Waals surface area (Å²) in [6, 6.07) is 13.3. The third-order valence-corrected chi connectivity index (χ3v) is 3.01. The number of rotatable bonds is 2. The molecule has 2 aromatic carbocycles. The first kappa shape index (κ1) is 10.1. The van der Waals surface area contributed by atoms with Gasteiger partial charge in [0, 0.05) is 16.7 Å². The third kappa shape index (κ3) is 1.37. The number of hydrogen-bond acceptors (Lipinski definition) is 2. The summed E-state index contributed by atoms with van der Waals surface area (Å²) in [5, 5.41) is 0. The maximum Gasteiger partial charge on any atom is 0.194 e. The normalized spacial score (nSPS) is 12.2. The molecular weight excluding hydrogens is 212 g/mol. The summed E-state index contributed by atoms with van der Waals surface area (Å²) < 4.78 is 5.60. The highest BCUT2D eigenvalue weighted by Gasteiger charge is 2.28. The van der Waals surface area contributed by atoms with Crippen LogP contribution in [0.15, 0.2) is 42.5 Å². The lowest BCUT2D eigenvalue weighted by Crippen LogP contribution is -1.96. The molecule has 0 fully saturated rings. The minimum absolute atomic E-state index is 0.0946. The van der Waals surface area contributed by atoms with E-state index in [2.05, 4.69) is 0 Å². The Hall–Kier alpha value is -2.09. The zero-order valence-electron chi connectivity index (χ0n) is 9.57. The highest BCUT2D eigenvalue weighted by atomic mass is 16.5. The summed E-state index contributed by atoms with van der Waals surface area (Å²) >= 11 is 0. The number of fused-ring (bicyclic) bond motifs is 3. The Morgan fingerprint density at radius 2 is 1.65 bits per heavy atom. The fourth-order valence-corrected chi connectivity index (χ4v) is 2.32. The molecule has 0 unspecified atom stereocenters. The van der Waals surface area contributed by atoms with Gasteiger partial charge in [0.2, 0.25) is 0 Å². The van der Waals surface area contributed by atoms with Crippen LogP contribution in [0.3, 0.4) is 0 Å². The highest BCUT2D eigenvalue weighted by molar-refractivity contribution is 6.22. The molecule has 0 radical (unpaired) electrons. The van der Waals surface area contributed by atoms with Gasteiger partial charge in [-0.2, -0.15) is 0 Å². The van der Waals surface area contributed by atoms with E-state index in [0.29, 0.717) is 6.61 Å². The van der Waals surface area contributed by atoms with Crippen molar-refractivity contribution in [3.63, 3.8) is 0 Å². The molecule has 1 aliphatic rings. The van der Waals surface area contributed by atoms with Crippen LogP contribution in [0.25, 0.3) is 11.1 Å². The first-order valence-corrected chi connectivity index (χ1v) is 5.73. The SMILES string of the molecule is CCOc1cccc2c1-c1ccccc1C2=O. The number of ether oxygens (including phenoxy) is 1. The van der Waals surface area contributed by atoms with Crippen molar-refractivity contribution >= 4 is 5.78 Å². The van der Waals surface area contributed by atoms with E-state index in [4.69, 9.17) is 4.74 Å². The monoisotopic (exact) mass is 224 g/mol. The van der Waals surface area contributed by atoms with E-state index in [1.165, 1.54) is 0 Å². The molecule has 0 heterocycles. The van der Waals surface area contributed by atoms with E-state index in [-0.39, 0.29) is 5.78 Å². The van der Waals surface area contributed by atoms with Crippen LogP contribution in [0.5, 0.6) is 5.75 Å². The van der Waals surface area contributed by atoms with Crippen LogP contribution >= 0.6 is 0 Å². The van der Waals surface area contributed by atoms with Gasteiger partial charge in [0.25, 0.3) is 0 Å². The van der Waals surface area contributed by atoms with Crippen molar-refractivity contribution in [2.75, 3.05) is 6.61 Å². The molecule has 0 bridgehead atoms. The molecule has 0 atom stereocenters. The predicted molar refractivity (Wildman–Crippen MR) is 66.5 cm³/mol. The predicted octanol–water partition coefficient (Wildman–Crippen LogP) is 3.30. The van der Waals surface area contributed by atoms with Gasteiger partial charge in [-0.25, -0.2) is 0 Å². The number of hydrogen-bond donors (Lipinski definition) is 0. The largest absolute Gasteiger partial charge is 0.493 e. The number of carbonyl (C=O) groups excluding carboxylic acids is 1. The van der Waals surface area contributed by atoms with Crippen LogP contribution in [0.1, 0.15) is 22.8 Å². The molecule has 0 aromatic heterocycles. The molecule has 2 nitrogen and oxygen atoms in total. The zero-order chi connectivity index (χ0) is 11.8. The molecule has 3 rings (SSSR count). The average Bonchev–Trinajstić information content (AvgIpc) is 2.66. The summed E-state index contributed by atoms with van der Waals surface area (Å²) in [4.78, 5) is 12.2. The number of carbonyl (C=O) groups is 1. The van der Waals surface area contributed by atoms with Crippen molar-refractivity contribution in [1.29, 1.82) is 0 Å². The molecule has 0 saturated carbocycles. The van der Waals surface area contributed by atoms with Crippen LogP contribution in [0, 0.1) is 0 Å². The number of ketones is 1. The van der Waals surface area contributed by atoms with E-state index in [1.54, 1.807) is 0 Å². The summed E-state index contributed by atoms with van der Waals surface area (Å²) in [5.41, 5.74) is 3.44. The van der Waals surface area contributed by atoms with Crippen molar-refractivity contribution in [2.24, 2.45) is 0 Å². The second-order valence-corrected chi connectivity index (χ2v) is 3.99. The topological polar surface area (TPSA) is 26.3 Å². The first-order valence-electron chi connectivity index (χ1n) is 5.73. The summed E-state index contributed by atoms with van der Waals surface area (Å²) in [6.07, 6.45) is 0. The number of benzene rings is 2. The maximum atomic E-state index is 12.2. The summed E-state index contributed by atoms with van der Waals surface area (Å²) in [6.45, 7) is 2.55. The first-order chi connectivity index (χ1) is 8.33. The molecule has 0 aliphatic heterocycles. The second kappa shape index (κ2) is 3.74. The quantitative estimate of drug-likeness (QED) is 0.667. The van der Waals surface area contributed by atoms with E-state index in [1.807, 2.05) is 49.4 Å². The lowest BCUT2D eigenvalue weighted by atomic mass is 10.1. The van der Waals surface area contributed by atoms with E-state index in [0.717, 1.165) is 28.0 Å². The molecule has 0 saturated heterocycles. The Labute approximate surface area is 99.9 Å². The van der Waals surface area contributed by atoms with Crippen LogP contribution < -0.4 is 4.74 Å². The van der Waals surface area contributed by atoms with Gasteiger partial charge in [0.05, 0.1) is 6.61 Å². The Balaban J connectivity index is 2.30. The Morgan fingerprint density at radius 3 is 2.41 bits per heavy atom. The van der Waals surface area contributed by atoms with Crippen molar-refractivity contribution < 1.29 is 9.53 Å². The van der Waals surface area contributed by atoms with Gasteiger partial charge in [-0.1, -0.05) is 36.4 Å². The fraction of sp³-hybridized carbons (Fsp3) is 0.133. The van der Waals surface area contributed by atoms with E-state index in [9.17, 15) is 4.79 Å². The minimum atomic E-state index is 0.0946. The van der Waals surface area contributed by atoms with Crippen molar-refractivity contribution in [3.05, 3.63) is 53.6 Å². The Bertz CT molecular complexity index is 600. The van der Waals surface area contributed by atoms with Crippen molar-refractivity contribution in [2.45, 2.75) is 6.92 Å². The Kier molecular flexibility index (Phi) is 2.22. The van der Waals surface area contributed by atoms with Crippen LogP contribution in [0.4, 0.5) is 0 Å². The lowest BCUT2D eigenvalue weighted by Gasteiger charge is -2.08. The van der Waals surface area contributed by atoms with E-state index >= 15 is 0 Å². The molecular formula is C15H12O2. The minimum Gasteiger partial charge on any atom is -0.493 e. The van der Waals surface area contributed by atoms with Crippen LogP contribution in [-0.2, 0) is 0 Å². The lowest BCUT2D eigenvalue weighted by molar-refractivity contribution is 0.104. The van der Waals surface area contributed by atoms with Gasteiger partial charge >= 0.3 is 0 Å². The molecule has 17 heavy (non-hydrogen) atoms. The van der Waals surface area contributed by atoms with Crippen LogP contribution in [0.2, 0.25) is 0 Å². The molecule has 2 aromatic rings. The van der Waals surface area contributed by atoms with Gasteiger partial charge in [-0.3, -0.25) is 4.79 Å². The van der Waals surface area contributed by atoms with Crippen molar-refractivity contribution in [3.8, 4) is 16.9 Å². The molecule has 1 aliphatic carbocycles. The van der Waals surface area contributed by atoms with Gasteiger partial charge in [0.15, 0.2) is 5.78 Å². The van der Waals surface area contributed by atoms with Gasteiger partial charge < -0.3 is 4.74 Å².